The fraction of sp³-hybridized carbons (Fsp3) is 0.263. The van der Waals surface area contributed by atoms with Gasteiger partial charge < -0.3 is 20.3 Å². The number of ether oxygens (including phenoxy) is 1. The van der Waals surface area contributed by atoms with Crippen molar-refractivity contribution in [1.82, 2.24) is 15.6 Å². The molecule has 1 aliphatic rings. The highest BCUT2D eigenvalue weighted by molar-refractivity contribution is 7.99. The van der Waals surface area contributed by atoms with Gasteiger partial charge in [-0.3, -0.25) is 10.1 Å². The zero-order valence-corrected chi connectivity index (χ0v) is 17.0. The van der Waals surface area contributed by atoms with Gasteiger partial charge in [-0.2, -0.15) is 5.26 Å². The quantitative estimate of drug-likeness (QED) is 0.540. The Hall–Kier alpha value is -2.68. The molecule has 0 unspecified atom stereocenters. The summed E-state index contributed by atoms with van der Waals surface area (Å²) in [5.74, 6) is -0.753. The molecule has 3 amide bonds. The fourth-order valence-electron chi connectivity index (χ4n) is 2.70. The lowest BCUT2D eigenvalue weighted by Crippen LogP contribution is -2.44. The van der Waals surface area contributed by atoms with Crippen LogP contribution in [0.2, 0.25) is 5.02 Å². The molecule has 1 aromatic heterocycles. The Bertz CT molecular complexity index is 982. The highest BCUT2D eigenvalue weighted by Crippen LogP contribution is 2.29. The molecule has 4 N–H and O–H groups in total. The molecular weight excluding hydrogens is 432 g/mol. The molecule has 1 saturated heterocycles. The van der Waals surface area contributed by atoms with Gasteiger partial charge in [0, 0.05) is 22.5 Å². The summed E-state index contributed by atoms with van der Waals surface area (Å²) in [7, 11) is 0. The van der Waals surface area contributed by atoms with Crippen LogP contribution in [0.1, 0.15) is 22.3 Å². The average Bonchev–Trinajstić information content (AvgIpc) is 3.08. The van der Waals surface area contributed by atoms with Gasteiger partial charge >= 0.3 is 6.03 Å². The van der Waals surface area contributed by atoms with Gasteiger partial charge in [0.15, 0.2) is 0 Å². The molecule has 0 spiro atoms. The van der Waals surface area contributed by atoms with E-state index in [0.29, 0.717) is 10.0 Å². The van der Waals surface area contributed by atoms with Crippen molar-refractivity contribution in [2.75, 3.05) is 6.61 Å². The van der Waals surface area contributed by atoms with Crippen LogP contribution in [0.15, 0.2) is 46.5 Å². The number of benzene rings is 1. The summed E-state index contributed by atoms with van der Waals surface area (Å²) in [4.78, 5) is 29.3. The standard InChI is InChI=1S/C19H17ClN4O5S/c20-12-1-3-13(4-2-12)30-18-10(7-21)5-11(8-22-18)17(27)24-19(28)23-16-6-14(26)15(9-25)29-16/h1-5,8,14-16,25-26H,6,9H2,(H2,23,24,27,28)/t14-,15+,16+/m0/s1. The molecule has 0 saturated carbocycles. The minimum Gasteiger partial charge on any atom is -0.394 e. The van der Waals surface area contributed by atoms with Crippen LogP contribution in [0.4, 0.5) is 4.79 Å². The van der Waals surface area contributed by atoms with Crippen LogP contribution >= 0.6 is 23.4 Å². The number of aliphatic hydroxyl groups is 2. The maximum atomic E-state index is 12.3. The number of aromatic nitrogens is 1. The second kappa shape index (κ2) is 9.88. The van der Waals surface area contributed by atoms with Crippen LogP contribution < -0.4 is 10.6 Å². The summed E-state index contributed by atoms with van der Waals surface area (Å²) in [6.45, 7) is -0.386. The van der Waals surface area contributed by atoms with Crippen molar-refractivity contribution < 1.29 is 24.5 Å². The predicted molar refractivity (Wildman–Crippen MR) is 107 cm³/mol. The Morgan fingerprint density at radius 2 is 2.10 bits per heavy atom. The maximum absolute atomic E-state index is 12.3. The van der Waals surface area contributed by atoms with E-state index < -0.39 is 30.4 Å². The molecule has 3 atom stereocenters. The highest BCUT2D eigenvalue weighted by Gasteiger charge is 2.34. The van der Waals surface area contributed by atoms with Crippen LogP contribution in [-0.2, 0) is 4.74 Å². The summed E-state index contributed by atoms with van der Waals surface area (Å²) in [6.07, 6.45) is -1.19. The van der Waals surface area contributed by atoms with E-state index in [2.05, 4.69) is 15.6 Å². The number of nitrogens with one attached hydrogen (secondary N) is 2. The lowest BCUT2D eigenvalue weighted by molar-refractivity contribution is -0.0272. The topological polar surface area (TPSA) is 145 Å². The van der Waals surface area contributed by atoms with Crippen molar-refractivity contribution in [1.29, 1.82) is 5.26 Å². The molecule has 0 radical (unpaired) electrons. The minimum absolute atomic E-state index is 0.0303. The van der Waals surface area contributed by atoms with Gasteiger partial charge in [0.1, 0.15) is 23.4 Å². The molecule has 1 aliphatic heterocycles. The van der Waals surface area contributed by atoms with E-state index in [-0.39, 0.29) is 24.2 Å². The number of aliphatic hydroxyl groups excluding tert-OH is 2. The van der Waals surface area contributed by atoms with Crippen molar-refractivity contribution in [2.24, 2.45) is 0 Å². The molecule has 9 nitrogen and oxygen atoms in total. The summed E-state index contributed by atoms with van der Waals surface area (Å²) in [5, 5.41) is 33.6. The Balaban J connectivity index is 1.62. The molecule has 2 aromatic rings. The number of pyridine rings is 1. The number of hydrogen-bond acceptors (Lipinski definition) is 8. The van der Waals surface area contributed by atoms with E-state index in [1.807, 2.05) is 6.07 Å². The first-order valence-electron chi connectivity index (χ1n) is 8.79. The van der Waals surface area contributed by atoms with Crippen LogP contribution in [0, 0.1) is 11.3 Å². The van der Waals surface area contributed by atoms with Gasteiger partial charge in [-0.15, -0.1) is 0 Å². The smallest absolute Gasteiger partial charge is 0.323 e. The molecule has 3 rings (SSSR count). The van der Waals surface area contributed by atoms with Crippen molar-refractivity contribution in [2.45, 2.75) is 34.8 Å². The molecule has 0 bridgehead atoms. The zero-order chi connectivity index (χ0) is 21.7. The van der Waals surface area contributed by atoms with Crippen molar-refractivity contribution >= 4 is 35.3 Å². The van der Waals surface area contributed by atoms with Crippen molar-refractivity contribution in [3.8, 4) is 6.07 Å². The van der Waals surface area contributed by atoms with Gasteiger partial charge in [-0.05, 0) is 30.3 Å². The number of halogens is 1. The van der Waals surface area contributed by atoms with E-state index in [1.54, 1.807) is 24.3 Å². The third kappa shape index (κ3) is 5.47. The largest absolute Gasteiger partial charge is 0.394 e. The summed E-state index contributed by atoms with van der Waals surface area (Å²) in [5.41, 5.74) is 0.207. The number of nitriles is 1. The van der Waals surface area contributed by atoms with Gasteiger partial charge in [-0.25, -0.2) is 9.78 Å². The molecule has 0 aliphatic carbocycles. The number of urea groups is 1. The molecule has 2 heterocycles. The lowest BCUT2D eigenvalue weighted by Gasteiger charge is -2.14. The Labute approximate surface area is 181 Å². The molecular formula is C19H17ClN4O5S. The number of nitrogens with zero attached hydrogens (tertiary/aromatic N) is 2. The third-order valence-electron chi connectivity index (χ3n) is 4.18. The summed E-state index contributed by atoms with van der Waals surface area (Å²) < 4.78 is 5.25. The zero-order valence-electron chi connectivity index (χ0n) is 15.4. The molecule has 11 heteroatoms. The number of imide groups is 1. The Kier molecular flexibility index (Phi) is 7.25. The molecule has 1 fully saturated rings. The van der Waals surface area contributed by atoms with Gasteiger partial charge in [-0.1, -0.05) is 23.4 Å². The number of rotatable bonds is 5. The monoisotopic (exact) mass is 448 g/mol. The minimum atomic E-state index is -0.913. The third-order valence-corrected chi connectivity index (χ3v) is 5.46. The van der Waals surface area contributed by atoms with Crippen LogP contribution in [-0.4, -0.2) is 52.2 Å². The number of carbonyl (C=O) groups excluding carboxylic acids is 2. The average molecular weight is 449 g/mol. The first kappa shape index (κ1) is 22.0. The molecule has 156 valence electrons. The first-order chi connectivity index (χ1) is 14.4. The van der Waals surface area contributed by atoms with E-state index >= 15 is 0 Å². The van der Waals surface area contributed by atoms with E-state index in [4.69, 9.17) is 21.4 Å². The Morgan fingerprint density at radius 1 is 1.37 bits per heavy atom. The molecule has 1 aromatic carbocycles. The van der Waals surface area contributed by atoms with E-state index in [9.17, 15) is 20.0 Å². The second-order valence-electron chi connectivity index (χ2n) is 6.32. The van der Waals surface area contributed by atoms with E-state index in [1.165, 1.54) is 24.0 Å². The fourth-order valence-corrected chi connectivity index (χ4v) is 3.64. The SMILES string of the molecule is N#Cc1cc(C(=O)NC(=O)N[C@H]2C[C@H](O)[C@@H](CO)O2)cnc1Sc1ccc(Cl)cc1. The number of carbonyl (C=O) groups is 2. The van der Waals surface area contributed by atoms with Crippen LogP contribution in [0.3, 0.4) is 0 Å². The molecule has 30 heavy (non-hydrogen) atoms. The number of hydrogen-bond donors (Lipinski definition) is 4. The van der Waals surface area contributed by atoms with Gasteiger partial charge in [0.2, 0.25) is 0 Å². The Morgan fingerprint density at radius 3 is 2.73 bits per heavy atom. The van der Waals surface area contributed by atoms with Crippen molar-refractivity contribution in [3.05, 3.63) is 52.7 Å². The van der Waals surface area contributed by atoms with Crippen molar-refractivity contribution in [3.63, 3.8) is 0 Å². The van der Waals surface area contributed by atoms with Crippen LogP contribution in [0.25, 0.3) is 0 Å². The van der Waals surface area contributed by atoms with E-state index in [0.717, 1.165) is 4.90 Å². The predicted octanol–water partition coefficient (Wildman–Crippen LogP) is 1.67. The summed E-state index contributed by atoms with van der Waals surface area (Å²) >= 11 is 7.10. The van der Waals surface area contributed by atoms with Gasteiger partial charge in [0.05, 0.1) is 23.8 Å². The van der Waals surface area contributed by atoms with Gasteiger partial charge in [0.25, 0.3) is 5.91 Å². The summed E-state index contributed by atoms with van der Waals surface area (Å²) in [6, 6.07) is 9.48. The normalized spacial score (nSPS) is 20.4. The highest BCUT2D eigenvalue weighted by atomic mass is 35.5. The second-order valence-corrected chi connectivity index (χ2v) is 7.82. The number of amides is 3. The van der Waals surface area contributed by atoms with Crippen LogP contribution in [0.5, 0.6) is 0 Å². The maximum Gasteiger partial charge on any atom is 0.323 e. The lowest BCUT2D eigenvalue weighted by atomic mass is 10.2. The first-order valence-corrected chi connectivity index (χ1v) is 9.99.